The Labute approximate surface area is 90.8 Å². The van der Waals surface area contributed by atoms with Gasteiger partial charge in [0.2, 0.25) is 0 Å². The van der Waals surface area contributed by atoms with Crippen LogP contribution in [-0.2, 0) is 0 Å². The highest BCUT2D eigenvalue weighted by atomic mass is 35.5. The molecule has 0 atom stereocenters. The molecule has 0 unspecified atom stereocenters. The van der Waals surface area contributed by atoms with Gasteiger partial charge in [-0.2, -0.15) is 0 Å². The molecule has 0 fully saturated rings. The van der Waals surface area contributed by atoms with E-state index in [9.17, 15) is 0 Å². The van der Waals surface area contributed by atoms with Crippen molar-refractivity contribution in [3.05, 3.63) is 28.1 Å². The van der Waals surface area contributed by atoms with Crippen LogP contribution in [0.15, 0.2) is 12.1 Å². The lowest BCUT2D eigenvalue weighted by atomic mass is 10.4. The molecule has 72 valence electrons. The smallest absolute Gasteiger partial charge is 0.173 e. The van der Waals surface area contributed by atoms with Crippen molar-refractivity contribution in [2.45, 2.75) is 13.8 Å². The fourth-order valence-corrected chi connectivity index (χ4v) is 2.14. The topological polar surface area (TPSA) is 38.7 Å². The number of nitrogens with zero attached hydrogens (tertiary/aromatic N) is 3. The van der Waals surface area contributed by atoms with E-state index in [2.05, 4.69) is 15.0 Å². The van der Waals surface area contributed by atoms with Gasteiger partial charge in [-0.05, 0) is 26.0 Å². The van der Waals surface area contributed by atoms with E-state index in [1.807, 2.05) is 26.0 Å². The summed E-state index contributed by atoms with van der Waals surface area (Å²) in [4.78, 5) is 13.6. The van der Waals surface area contributed by atoms with E-state index >= 15 is 0 Å². The first kappa shape index (κ1) is 9.55. The lowest BCUT2D eigenvalue weighted by molar-refractivity contribution is 0.931. The average Bonchev–Trinajstić information content (AvgIpc) is 2.50. The third kappa shape index (κ3) is 1.91. The van der Waals surface area contributed by atoms with Crippen LogP contribution in [0.1, 0.15) is 11.6 Å². The molecule has 2 aromatic heterocycles. The lowest BCUT2D eigenvalue weighted by Crippen LogP contribution is -1.97. The van der Waals surface area contributed by atoms with Gasteiger partial charge < -0.3 is 0 Å². The van der Waals surface area contributed by atoms with Crippen LogP contribution in [0.3, 0.4) is 0 Å². The van der Waals surface area contributed by atoms with Crippen molar-refractivity contribution in [3.8, 4) is 10.7 Å². The summed E-state index contributed by atoms with van der Waals surface area (Å²) in [6.07, 6.45) is 0. The van der Waals surface area contributed by atoms with Crippen molar-refractivity contribution in [1.82, 2.24) is 15.0 Å². The molecule has 0 N–H and O–H groups in total. The Bertz CT molecular complexity index is 447. The van der Waals surface area contributed by atoms with E-state index in [-0.39, 0.29) is 0 Å². The summed E-state index contributed by atoms with van der Waals surface area (Å²) in [6, 6.07) is 3.76. The maximum atomic E-state index is 5.84. The van der Waals surface area contributed by atoms with Gasteiger partial charge in [0.25, 0.3) is 0 Å². The van der Waals surface area contributed by atoms with Gasteiger partial charge in [0, 0.05) is 0 Å². The Morgan fingerprint density at radius 3 is 2.21 bits per heavy atom. The number of rotatable bonds is 1. The second kappa shape index (κ2) is 3.63. The number of hydrogen-bond acceptors (Lipinski definition) is 4. The monoisotopic (exact) mass is 225 g/mol. The molecule has 2 heterocycles. The lowest BCUT2D eigenvalue weighted by Gasteiger charge is -1.98. The number of halogens is 1. The SMILES string of the molecule is Cc1nc(C)nc(-c2ccc(Cl)s2)n1. The summed E-state index contributed by atoms with van der Waals surface area (Å²) in [6.45, 7) is 3.71. The minimum atomic E-state index is 0.701. The van der Waals surface area contributed by atoms with Gasteiger partial charge in [-0.25, -0.2) is 15.0 Å². The standard InChI is InChI=1S/C9H8ClN3S/c1-5-11-6(2)13-9(12-5)7-3-4-8(10)14-7/h3-4H,1-2H3. The summed E-state index contributed by atoms with van der Waals surface area (Å²) >= 11 is 7.31. The van der Waals surface area contributed by atoms with Crippen LogP contribution in [-0.4, -0.2) is 15.0 Å². The summed E-state index contributed by atoms with van der Waals surface area (Å²) in [7, 11) is 0. The van der Waals surface area contributed by atoms with Crippen LogP contribution in [0.4, 0.5) is 0 Å². The molecule has 3 nitrogen and oxygen atoms in total. The second-order valence-corrected chi connectivity index (χ2v) is 4.57. The highest BCUT2D eigenvalue weighted by Crippen LogP contribution is 2.28. The molecular formula is C9H8ClN3S. The molecule has 0 aliphatic carbocycles. The fraction of sp³-hybridized carbons (Fsp3) is 0.222. The zero-order valence-corrected chi connectivity index (χ0v) is 9.35. The summed E-state index contributed by atoms with van der Waals surface area (Å²) in [5.41, 5.74) is 0. The fourth-order valence-electron chi connectivity index (χ4n) is 1.16. The minimum Gasteiger partial charge on any atom is -0.219 e. The highest BCUT2D eigenvalue weighted by Gasteiger charge is 2.06. The first-order valence-electron chi connectivity index (χ1n) is 4.10. The Hall–Kier alpha value is -1.00. The summed E-state index contributed by atoms with van der Waals surface area (Å²) in [5.74, 6) is 2.17. The molecule has 0 amide bonds. The minimum absolute atomic E-state index is 0.701. The van der Waals surface area contributed by atoms with Gasteiger partial charge in [-0.1, -0.05) is 11.6 Å². The van der Waals surface area contributed by atoms with Gasteiger partial charge in [0.1, 0.15) is 11.6 Å². The van der Waals surface area contributed by atoms with E-state index in [1.54, 1.807) is 0 Å². The maximum absolute atomic E-state index is 5.84. The van der Waals surface area contributed by atoms with Gasteiger partial charge in [-0.3, -0.25) is 0 Å². The Morgan fingerprint density at radius 1 is 1.07 bits per heavy atom. The van der Waals surface area contributed by atoms with Gasteiger partial charge in [-0.15, -0.1) is 11.3 Å². The van der Waals surface area contributed by atoms with Crippen molar-refractivity contribution < 1.29 is 0 Å². The molecule has 2 aromatic rings. The predicted octanol–water partition coefficient (Wildman–Crippen LogP) is 2.87. The molecule has 0 aromatic carbocycles. The van der Waals surface area contributed by atoms with Crippen LogP contribution in [0, 0.1) is 13.8 Å². The van der Waals surface area contributed by atoms with Gasteiger partial charge in [0.05, 0.1) is 9.21 Å². The molecule has 14 heavy (non-hydrogen) atoms. The third-order valence-electron chi connectivity index (χ3n) is 1.65. The first-order valence-corrected chi connectivity index (χ1v) is 5.29. The maximum Gasteiger partial charge on any atom is 0.173 e. The number of hydrogen-bond donors (Lipinski definition) is 0. The predicted molar refractivity (Wildman–Crippen MR) is 57.6 cm³/mol. The quantitative estimate of drug-likeness (QED) is 0.749. The van der Waals surface area contributed by atoms with Crippen LogP contribution in [0.5, 0.6) is 0 Å². The van der Waals surface area contributed by atoms with Crippen LogP contribution in [0.25, 0.3) is 10.7 Å². The highest BCUT2D eigenvalue weighted by molar-refractivity contribution is 7.19. The van der Waals surface area contributed by atoms with Crippen LogP contribution < -0.4 is 0 Å². The third-order valence-corrected chi connectivity index (χ3v) is 2.88. The molecule has 0 saturated heterocycles. The molecule has 0 aliphatic rings. The van der Waals surface area contributed by atoms with Crippen molar-refractivity contribution in [1.29, 1.82) is 0 Å². The molecule has 0 saturated carbocycles. The Morgan fingerprint density at radius 2 is 1.71 bits per heavy atom. The normalized spacial score (nSPS) is 10.5. The van der Waals surface area contributed by atoms with Gasteiger partial charge >= 0.3 is 0 Å². The molecular weight excluding hydrogens is 218 g/mol. The van der Waals surface area contributed by atoms with Crippen LogP contribution in [0.2, 0.25) is 4.34 Å². The Balaban J connectivity index is 2.51. The van der Waals surface area contributed by atoms with E-state index in [4.69, 9.17) is 11.6 Å². The number of thiophene rings is 1. The van der Waals surface area contributed by atoms with Crippen molar-refractivity contribution in [2.75, 3.05) is 0 Å². The molecule has 0 bridgehead atoms. The average molecular weight is 226 g/mol. The molecule has 0 spiro atoms. The largest absolute Gasteiger partial charge is 0.219 e. The number of aryl methyl sites for hydroxylation is 2. The van der Waals surface area contributed by atoms with Gasteiger partial charge in [0.15, 0.2) is 5.82 Å². The zero-order valence-electron chi connectivity index (χ0n) is 7.78. The van der Waals surface area contributed by atoms with Crippen molar-refractivity contribution in [3.63, 3.8) is 0 Å². The summed E-state index contributed by atoms with van der Waals surface area (Å²) < 4.78 is 0.746. The van der Waals surface area contributed by atoms with E-state index in [0.29, 0.717) is 5.82 Å². The van der Waals surface area contributed by atoms with Crippen LogP contribution >= 0.6 is 22.9 Å². The Kier molecular flexibility index (Phi) is 2.48. The molecule has 5 heteroatoms. The van der Waals surface area contributed by atoms with E-state index in [1.165, 1.54) is 11.3 Å². The first-order chi connectivity index (χ1) is 6.65. The molecule has 0 radical (unpaired) electrons. The molecule has 2 rings (SSSR count). The van der Waals surface area contributed by atoms with E-state index < -0.39 is 0 Å². The van der Waals surface area contributed by atoms with Crippen molar-refractivity contribution in [2.24, 2.45) is 0 Å². The second-order valence-electron chi connectivity index (χ2n) is 2.86. The van der Waals surface area contributed by atoms with Crippen molar-refractivity contribution >= 4 is 22.9 Å². The summed E-state index contributed by atoms with van der Waals surface area (Å²) in [5, 5.41) is 0. The molecule has 0 aliphatic heterocycles. The van der Waals surface area contributed by atoms with E-state index in [0.717, 1.165) is 20.9 Å². The zero-order chi connectivity index (χ0) is 10.1. The number of aromatic nitrogens is 3.